The molecule has 19 heavy (non-hydrogen) atoms. The van der Waals surface area contributed by atoms with Crippen molar-refractivity contribution in [2.45, 2.75) is 38.8 Å². The summed E-state index contributed by atoms with van der Waals surface area (Å²) in [7, 11) is 0. The number of hydrogen-bond acceptors (Lipinski definition) is 2. The molecule has 3 nitrogen and oxygen atoms in total. The van der Waals surface area contributed by atoms with Crippen molar-refractivity contribution in [3.8, 4) is 5.69 Å². The van der Waals surface area contributed by atoms with Crippen molar-refractivity contribution in [1.82, 2.24) is 15.1 Å². The predicted molar refractivity (Wildman–Crippen MR) is 80.5 cm³/mol. The Morgan fingerprint density at radius 2 is 2.26 bits per heavy atom. The number of rotatable bonds is 5. The molecule has 0 saturated heterocycles. The molecular formula is C15H18BrN3. The highest BCUT2D eigenvalue weighted by Gasteiger charge is 2.21. The van der Waals surface area contributed by atoms with E-state index in [1.54, 1.807) is 0 Å². The van der Waals surface area contributed by atoms with Gasteiger partial charge in [0.05, 0.1) is 11.9 Å². The molecule has 4 heteroatoms. The SMILES string of the molecule is CCc1c(CNC2CC2)cnn1-c1cccc(Br)c1. The number of halogens is 1. The van der Waals surface area contributed by atoms with E-state index in [9.17, 15) is 0 Å². The van der Waals surface area contributed by atoms with Gasteiger partial charge in [-0.15, -0.1) is 0 Å². The van der Waals surface area contributed by atoms with Crippen molar-refractivity contribution in [1.29, 1.82) is 0 Å². The highest BCUT2D eigenvalue weighted by molar-refractivity contribution is 9.10. The second kappa shape index (κ2) is 5.47. The number of aromatic nitrogens is 2. The molecule has 0 atom stereocenters. The highest BCUT2D eigenvalue weighted by Crippen LogP contribution is 2.22. The fourth-order valence-corrected chi connectivity index (χ4v) is 2.69. The summed E-state index contributed by atoms with van der Waals surface area (Å²) < 4.78 is 3.13. The van der Waals surface area contributed by atoms with Gasteiger partial charge in [-0.25, -0.2) is 4.68 Å². The highest BCUT2D eigenvalue weighted by atomic mass is 79.9. The number of hydrogen-bond donors (Lipinski definition) is 1. The molecule has 1 aromatic heterocycles. The van der Waals surface area contributed by atoms with Gasteiger partial charge in [0.2, 0.25) is 0 Å². The van der Waals surface area contributed by atoms with Gasteiger partial charge in [0, 0.05) is 28.3 Å². The summed E-state index contributed by atoms with van der Waals surface area (Å²) in [6, 6.07) is 9.01. The summed E-state index contributed by atoms with van der Waals surface area (Å²) in [5, 5.41) is 8.11. The summed E-state index contributed by atoms with van der Waals surface area (Å²) in [4.78, 5) is 0. The first kappa shape index (κ1) is 12.9. The van der Waals surface area contributed by atoms with Gasteiger partial charge in [0.1, 0.15) is 0 Å². The third-order valence-corrected chi connectivity index (χ3v) is 3.99. The average molecular weight is 320 g/mol. The molecule has 1 saturated carbocycles. The van der Waals surface area contributed by atoms with Crippen LogP contribution in [0.3, 0.4) is 0 Å². The zero-order chi connectivity index (χ0) is 13.2. The van der Waals surface area contributed by atoms with Crippen molar-refractivity contribution in [2.75, 3.05) is 0 Å². The van der Waals surface area contributed by atoms with Crippen molar-refractivity contribution in [2.24, 2.45) is 0 Å². The molecule has 0 bridgehead atoms. The fourth-order valence-electron chi connectivity index (χ4n) is 2.30. The van der Waals surface area contributed by atoms with E-state index in [1.165, 1.54) is 24.1 Å². The number of nitrogens with one attached hydrogen (secondary N) is 1. The van der Waals surface area contributed by atoms with Gasteiger partial charge in [-0.3, -0.25) is 0 Å². The topological polar surface area (TPSA) is 29.9 Å². The molecule has 0 unspecified atom stereocenters. The van der Waals surface area contributed by atoms with Gasteiger partial charge in [0.25, 0.3) is 0 Å². The van der Waals surface area contributed by atoms with Gasteiger partial charge in [-0.2, -0.15) is 5.10 Å². The molecule has 0 spiro atoms. The van der Waals surface area contributed by atoms with Gasteiger partial charge in [-0.05, 0) is 37.5 Å². The molecule has 1 aromatic carbocycles. The second-order valence-electron chi connectivity index (χ2n) is 5.02. The average Bonchev–Trinajstić information content (AvgIpc) is 3.15. The Hall–Kier alpha value is -1.13. The lowest BCUT2D eigenvalue weighted by Crippen LogP contribution is -2.16. The minimum atomic E-state index is 0.735. The van der Waals surface area contributed by atoms with E-state index < -0.39 is 0 Å². The van der Waals surface area contributed by atoms with Crippen LogP contribution in [0.4, 0.5) is 0 Å². The molecule has 0 aliphatic heterocycles. The minimum Gasteiger partial charge on any atom is -0.310 e. The Morgan fingerprint density at radius 3 is 2.95 bits per heavy atom. The van der Waals surface area contributed by atoms with Gasteiger partial charge in [0.15, 0.2) is 0 Å². The van der Waals surface area contributed by atoms with Crippen LogP contribution in [0.2, 0.25) is 0 Å². The van der Waals surface area contributed by atoms with E-state index in [2.05, 4.69) is 50.1 Å². The minimum absolute atomic E-state index is 0.735. The Bertz CT molecular complexity index is 573. The maximum Gasteiger partial charge on any atom is 0.0660 e. The summed E-state index contributed by atoms with van der Waals surface area (Å²) >= 11 is 3.52. The van der Waals surface area contributed by atoms with Crippen LogP contribution in [0, 0.1) is 0 Å². The summed E-state index contributed by atoms with van der Waals surface area (Å²) in [5.41, 5.74) is 3.73. The van der Waals surface area contributed by atoms with Crippen LogP contribution >= 0.6 is 15.9 Å². The van der Waals surface area contributed by atoms with Crippen LogP contribution in [-0.4, -0.2) is 15.8 Å². The van der Waals surface area contributed by atoms with Crippen LogP contribution in [0.1, 0.15) is 31.0 Å². The zero-order valence-electron chi connectivity index (χ0n) is 11.1. The summed E-state index contributed by atoms with van der Waals surface area (Å²) in [5.74, 6) is 0. The van der Waals surface area contributed by atoms with Crippen molar-refractivity contribution >= 4 is 15.9 Å². The van der Waals surface area contributed by atoms with E-state index in [0.29, 0.717) is 0 Å². The third-order valence-electron chi connectivity index (χ3n) is 3.50. The molecule has 0 amide bonds. The number of benzene rings is 1. The molecule has 3 rings (SSSR count). The maximum atomic E-state index is 4.55. The fraction of sp³-hybridized carbons (Fsp3) is 0.400. The van der Waals surface area contributed by atoms with E-state index >= 15 is 0 Å². The van der Waals surface area contributed by atoms with E-state index in [0.717, 1.165) is 29.2 Å². The molecular weight excluding hydrogens is 302 g/mol. The lowest BCUT2D eigenvalue weighted by Gasteiger charge is -2.09. The van der Waals surface area contributed by atoms with E-state index in [4.69, 9.17) is 0 Å². The van der Waals surface area contributed by atoms with Crippen LogP contribution in [0.25, 0.3) is 5.69 Å². The van der Waals surface area contributed by atoms with E-state index in [-0.39, 0.29) is 0 Å². The first-order valence-corrected chi connectivity index (χ1v) is 7.62. The van der Waals surface area contributed by atoms with Crippen molar-refractivity contribution in [3.63, 3.8) is 0 Å². The smallest absolute Gasteiger partial charge is 0.0660 e. The molecule has 1 aliphatic rings. The Morgan fingerprint density at radius 1 is 1.42 bits per heavy atom. The Labute approximate surface area is 122 Å². The Balaban J connectivity index is 1.88. The first-order chi connectivity index (χ1) is 9.28. The van der Waals surface area contributed by atoms with Crippen molar-refractivity contribution in [3.05, 3.63) is 46.2 Å². The van der Waals surface area contributed by atoms with Crippen LogP contribution in [0.5, 0.6) is 0 Å². The predicted octanol–water partition coefficient (Wildman–Crippen LogP) is 3.45. The monoisotopic (exact) mass is 319 g/mol. The van der Waals surface area contributed by atoms with Crippen molar-refractivity contribution < 1.29 is 0 Å². The van der Waals surface area contributed by atoms with Crippen LogP contribution < -0.4 is 5.32 Å². The van der Waals surface area contributed by atoms with Crippen LogP contribution in [0.15, 0.2) is 34.9 Å². The lowest BCUT2D eigenvalue weighted by atomic mass is 10.2. The van der Waals surface area contributed by atoms with Gasteiger partial charge < -0.3 is 5.32 Å². The number of nitrogens with zero attached hydrogens (tertiary/aromatic N) is 2. The molecule has 1 aliphatic carbocycles. The van der Waals surface area contributed by atoms with Crippen LogP contribution in [-0.2, 0) is 13.0 Å². The summed E-state index contributed by atoms with van der Waals surface area (Å²) in [6.07, 6.45) is 5.63. The Kier molecular flexibility index (Phi) is 3.71. The zero-order valence-corrected chi connectivity index (χ0v) is 12.7. The van der Waals surface area contributed by atoms with Gasteiger partial charge in [-0.1, -0.05) is 28.9 Å². The molecule has 1 N–H and O–H groups in total. The van der Waals surface area contributed by atoms with E-state index in [1.807, 2.05) is 18.3 Å². The largest absolute Gasteiger partial charge is 0.310 e. The maximum absolute atomic E-state index is 4.55. The molecule has 100 valence electrons. The molecule has 1 fully saturated rings. The summed E-state index contributed by atoms with van der Waals surface area (Å²) in [6.45, 7) is 3.12. The second-order valence-corrected chi connectivity index (χ2v) is 5.93. The molecule has 1 heterocycles. The normalized spacial score (nSPS) is 14.8. The van der Waals surface area contributed by atoms with Gasteiger partial charge >= 0.3 is 0 Å². The third kappa shape index (κ3) is 2.90. The molecule has 2 aromatic rings. The molecule has 0 radical (unpaired) electrons. The quantitative estimate of drug-likeness (QED) is 0.914. The standard InChI is InChI=1S/C15H18BrN3/c1-2-15-11(9-17-13-6-7-13)10-18-19(15)14-5-3-4-12(16)8-14/h3-5,8,10,13,17H,2,6-7,9H2,1H3. The lowest BCUT2D eigenvalue weighted by molar-refractivity contribution is 0.680. The first-order valence-electron chi connectivity index (χ1n) is 6.83.